The highest BCUT2D eigenvalue weighted by Gasteiger charge is 2.16. The first-order valence-electron chi connectivity index (χ1n) is 5.21. The molecule has 0 saturated carbocycles. The minimum atomic E-state index is -0.823. The third-order valence-electron chi connectivity index (χ3n) is 2.34. The standard InChI is InChI=1S/C10H13F2N3S2/c11-7-3-8(12)10(15-9(7)13)14-4-6-5-16-1-2-17-6/h3,6H,1-2,4-5H2,(H3,13,14,15). The Morgan fingerprint density at radius 2 is 2.24 bits per heavy atom. The molecule has 1 atom stereocenters. The number of aromatic nitrogens is 1. The van der Waals surface area contributed by atoms with Gasteiger partial charge in [-0.05, 0) is 0 Å². The summed E-state index contributed by atoms with van der Waals surface area (Å²) in [5, 5.41) is 3.32. The molecule has 1 unspecified atom stereocenters. The fourth-order valence-corrected chi connectivity index (χ4v) is 4.08. The molecule has 1 saturated heterocycles. The highest BCUT2D eigenvalue weighted by molar-refractivity contribution is 8.06. The van der Waals surface area contributed by atoms with E-state index in [1.807, 2.05) is 23.5 Å². The van der Waals surface area contributed by atoms with Crippen molar-refractivity contribution in [1.82, 2.24) is 4.98 Å². The van der Waals surface area contributed by atoms with Crippen LogP contribution in [0.1, 0.15) is 0 Å². The number of rotatable bonds is 3. The quantitative estimate of drug-likeness (QED) is 0.887. The van der Waals surface area contributed by atoms with Crippen molar-refractivity contribution in [3.05, 3.63) is 17.7 Å². The van der Waals surface area contributed by atoms with Gasteiger partial charge in [-0.25, -0.2) is 13.8 Å². The number of thioether (sulfide) groups is 2. The number of hydrogen-bond donors (Lipinski definition) is 2. The topological polar surface area (TPSA) is 50.9 Å². The van der Waals surface area contributed by atoms with Crippen LogP contribution in [-0.2, 0) is 0 Å². The molecule has 0 bridgehead atoms. The third kappa shape index (κ3) is 3.38. The van der Waals surface area contributed by atoms with Crippen LogP contribution >= 0.6 is 23.5 Å². The van der Waals surface area contributed by atoms with Gasteiger partial charge in [-0.15, -0.1) is 0 Å². The van der Waals surface area contributed by atoms with Crippen molar-refractivity contribution >= 4 is 35.2 Å². The Balaban J connectivity index is 1.96. The van der Waals surface area contributed by atoms with Crippen LogP contribution in [0.2, 0.25) is 0 Å². The Bertz CT molecular complexity index is 397. The van der Waals surface area contributed by atoms with E-state index in [1.165, 1.54) is 0 Å². The van der Waals surface area contributed by atoms with Crippen molar-refractivity contribution in [2.45, 2.75) is 5.25 Å². The number of hydrogen-bond acceptors (Lipinski definition) is 5. The van der Waals surface area contributed by atoms with Crippen LogP contribution < -0.4 is 11.1 Å². The van der Waals surface area contributed by atoms with Crippen LogP contribution in [0.3, 0.4) is 0 Å². The average molecular weight is 277 g/mol. The van der Waals surface area contributed by atoms with E-state index in [4.69, 9.17) is 5.73 Å². The summed E-state index contributed by atoms with van der Waals surface area (Å²) in [4.78, 5) is 3.66. The normalized spacial score (nSPS) is 20.2. The predicted molar refractivity (Wildman–Crippen MR) is 70.6 cm³/mol. The highest BCUT2D eigenvalue weighted by Crippen LogP contribution is 2.24. The molecule has 17 heavy (non-hydrogen) atoms. The molecule has 2 rings (SSSR count). The Labute approximate surface area is 107 Å². The lowest BCUT2D eigenvalue weighted by atomic mass is 10.4. The molecule has 94 valence electrons. The highest BCUT2D eigenvalue weighted by atomic mass is 32.2. The van der Waals surface area contributed by atoms with Gasteiger partial charge >= 0.3 is 0 Å². The summed E-state index contributed by atoms with van der Waals surface area (Å²) in [5.74, 6) is 1.53. The molecule has 0 amide bonds. The molecule has 7 heteroatoms. The number of nitrogens with two attached hydrogens (primary N) is 1. The van der Waals surface area contributed by atoms with Crippen LogP contribution in [-0.4, -0.2) is 34.0 Å². The SMILES string of the molecule is Nc1nc(NCC2CSCCS2)c(F)cc1F. The number of nitrogens with one attached hydrogen (secondary N) is 1. The van der Waals surface area contributed by atoms with Crippen molar-refractivity contribution in [3.63, 3.8) is 0 Å². The Morgan fingerprint density at radius 3 is 2.94 bits per heavy atom. The van der Waals surface area contributed by atoms with Gasteiger partial charge in [-0.1, -0.05) is 0 Å². The van der Waals surface area contributed by atoms with Crippen molar-refractivity contribution in [3.8, 4) is 0 Å². The maximum absolute atomic E-state index is 13.4. The largest absolute Gasteiger partial charge is 0.381 e. The first-order chi connectivity index (χ1) is 8.16. The molecule has 3 N–H and O–H groups in total. The molecule has 1 aliphatic rings. The first-order valence-corrected chi connectivity index (χ1v) is 7.42. The van der Waals surface area contributed by atoms with Gasteiger partial charge < -0.3 is 11.1 Å². The molecule has 2 heterocycles. The van der Waals surface area contributed by atoms with E-state index in [0.717, 1.165) is 23.3 Å². The second-order valence-corrected chi connectivity index (χ2v) is 6.19. The molecule has 1 aliphatic heterocycles. The molecule has 0 aliphatic carbocycles. The molecule has 1 fully saturated rings. The molecule has 1 aromatic heterocycles. The zero-order valence-electron chi connectivity index (χ0n) is 9.08. The van der Waals surface area contributed by atoms with Crippen LogP contribution in [0, 0.1) is 11.6 Å². The number of nitrogen functional groups attached to an aromatic ring is 1. The third-order valence-corrected chi connectivity index (χ3v) is 5.18. The molecule has 0 aromatic carbocycles. The summed E-state index contributed by atoms with van der Waals surface area (Å²) in [6.45, 7) is 0.618. The van der Waals surface area contributed by atoms with Gasteiger partial charge in [0, 0.05) is 35.1 Å². The fourth-order valence-electron chi connectivity index (χ4n) is 1.47. The van der Waals surface area contributed by atoms with E-state index < -0.39 is 11.6 Å². The first kappa shape index (κ1) is 12.8. The van der Waals surface area contributed by atoms with E-state index in [0.29, 0.717) is 11.8 Å². The molecule has 3 nitrogen and oxygen atoms in total. The summed E-state index contributed by atoms with van der Waals surface area (Å²) in [7, 11) is 0. The number of anilines is 2. The molecular weight excluding hydrogens is 264 g/mol. The number of nitrogens with zero attached hydrogens (tertiary/aromatic N) is 1. The van der Waals surface area contributed by atoms with Crippen LogP contribution in [0.25, 0.3) is 0 Å². The minimum absolute atomic E-state index is 0.0278. The lowest BCUT2D eigenvalue weighted by Gasteiger charge is -2.21. The van der Waals surface area contributed by atoms with Crippen molar-refractivity contribution in [2.24, 2.45) is 0 Å². The lowest BCUT2D eigenvalue weighted by molar-refractivity contribution is 0.579. The Kier molecular flexibility index (Phi) is 4.33. The van der Waals surface area contributed by atoms with Crippen LogP contribution in [0.15, 0.2) is 6.07 Å². The van der Waals surface area contributed by atoms with Gasteiger partial charge in [0.25, 0.3) is 0 Å². The lowest BCUT2D eigenvalue weighted by Crippen LogP contribution is -2.24. The summed E-state index contributed by atoms with van der Waals surface area (Å²) in [6, 6.07) is 0.757. The predicted octanol–water partition coefficient (Wildman–Crippen LogP) is 2.20. The van der Waals surface area contributed by atoms with Gasteiger partial charge in [0.1, 0.15) is 0 Å². The van der Waals surface area contributed by atoms with Crippen molar-refractivity contribution in [2.75, 3.05) is 34.9 Å². The van der Waals surface area contributed by atoms with Gasteiger partial charge in [0.2, 0.25) is 0 Å². The molecule has 1 aromatic rings. The maximum Gasteiger partial charge on any atom is 0.168 e. The Morgan fingerprint density at radius 1 is 1.41 bits per heavy atom. The van der Waals surface area contributed by atoms with Crippen LogP contribution in [0.5, 0.6) is 0 Å². The summed E-state index contributed by atoms with van der Waals surface area (Å²) in [6.07, 6.45) is 0. The molecule has 0 radical (unpaired) electrons. The second kappa shape index (κ2) is 5.77. The fraction of sp³-hybridized carbons (Fsp3) is 0.500. The van der Waals surface area contributed by atoms with Gasteiger partial charge in [-0.2, -0.15) is 23.5 Å². The second-order valence-electron chi connectivity index (χ2n) is 3.63. The zero-order valence-corrected chi connectivity index (χ0v) is 10.7. The maximum atomic E-state index is 13.4. The number of pyridine rings is 1. The summed E-state index contributed by atoms with van der Waals surface area (Å²) >= 11 is 3.75. The van der Waals surface area contributed by atoms with Gasteiger partial charge in [-0.3, -0.25) is 0 Å². The van der Waals surface area contributed by atoms with E-state index in [2.05, 4.69) is 10.3 Å². The zero-order chi connectivity index (χ0) is 12.3. The van der Waals surface area contributed by atoms with E-state index >= 15 is 0 Å². The summed E-state index contributed by atoms with van der Waals surface area (Å²) in [5.41, 5.74) is 5.30. The van der Waals surface area contributed by atoms with E-state index in [1.54, 1.807) is 0 Å². The molecule has 0 spiro atoms. The number of halogens is 2. The van der Waals surface area contributed by atoms with E-state index in [9.17, 15) is 8.78 Å². The van der Waals surface area contributed by atoms with Crippen molar-refractivity contribution in [1.29, 1.82) is 0 Å². The summed E-state index contributed by atoms with van der Waals surface area (Å²) < 4.78 is 26.2. The van der Waals surface area contributed by atoms with Gasteiger partial charge in [0.05, 0.1) is 0 Å². The average Bonchev–Trinajstić information content (AvgIpc) is 2.33. The molecular formula is C10H13F2N3S2. The van der Waals surface area contributed by atoms with Crippen molar-refractivity contribution < 1.29 is 8.78 Å². The van der Waals surface area contributed by atoms with Crippen LogP contribution in [0.4, 0.5) is 20.4 Å². The Hall–Kier alpha value is -0.690. The van der Waals surface area contributed by atoms with Gasteiger partial charge in [0.15, 0.2) is 23.3 Å². The van der Waals surface area contributed by atoms with E-state index in [-0.39, 0.29) is 11.6 Å². The minimum Gasteiger partial charge on any atom is -0.381 e. The smallest absolute Gasteiger partial charge is 0.168 e. The monoisotopic (exact) mass is 277 g/mol.